The molecule has 0 aliphatic heterocycles. The van der Waals surface area contributed by atoms with Crippen molar-refractivity contribution < 1.29 is 28.2 Å². The Morgan fingerprint density at radius 1 is 1.22 bits per heavy atom. The van der Waals surface area contributed by atoms with E-state index in [1.165, 1.54) is 10.9 Å². The van der Waals surface area contributed by atoms with E-state index in [1.807, 2.05) is 13.0 Å². The summed E-state index contributed by atoms with van der Waals surface area (Å²) in [5.41, 5.74) is 1.87. The number of aryl methyl sites for hydroxylation is 2. The average Bonchev–Trinajstić information content (AvgIpc) is 3.53. The minimum absolute atomic E-state index is 0.0296. The summed E-state index contributed by atoms with van der Waals surface area (Å²) in [4.78, 5) is 23.8. The second-order valence-electron chi connectivity index (χ2n) is 9.30. The van der Waals surface area contributed by atoms with Crippen LogP contribution in [-0.4, -0.2) is 47.1 Å². The van der Waals surface area contributed by atoms with Crippen molar-refractivity contribution in [3.63, 3.8) is 0 Å². The van der Waals surface area contributed by atoms with Crippen LogP contribution in [0.2, 0.25) is 0 Å². The van der Waals surface area contributed by atoms with E-state index in [9.17, 15) is 18.7 Å². The van der Waals surface area contributed by atoms with Crippen LogP contribution in [0.5, 0.6) is 11.8 Å². The van der Waals surface area contributed by atoms with Crippen LogP contribution in [0.4, 0.5) is 8.78 Å². The van der Waals surface area contributed by atoms with E-state index < -0.39 is 18.1 Å². The first-order valence-electron chi connectivity index (χ1n) is 11.8. The number of aromatic nitrogens is 6. The van der Waals surface area contributed by atoms with E-state index >= 15 is 0 Å². The molecule has 36 heavy (non-hydrogen) atoms. The Morgan fingerprint density at radius 2 is 2.06 bits per heavy atom. The summed E-state index contributed by atoms with van der Waals surface area (Å²) in [7, 11) is 1.69. The molecule has 10 nitrogen and oxygen atoms in total. The highest BCUT2D eigenvalue weighted by atomic mass is 19.3. The topological polar surface area (TPSA) is 125 Å². The molecular weight excluding hydrogens is 474 g/mol. The highest BCUT2D eigenvalue weighted by Crippen LogP contribution is 2.48. The Balaban J connectivity index is 1.28. The summed E-state index contributed by atoms with van der Waals surface area (Å²) >= 11 is 0. The SMILES string of the molecule is Cc1nc(-c2nnn(C)c2COc2nccc(C(F)F)n2)ccc1O[C@@H]1C[C@H]2CCC(C(=O)O)[C@H]2C1. The third kappa shape index (κ3) is 4.71. The van der Waals surface area contributed by atoms with Gasteiger partial charge in [-0.15, -0.1) is 5.10 Å². The molecule has 3 aromatic heterocycles. The van der Waals surface area contributed by atoms with Gasteiger partial charge >= 0.3 is 12.0 Å². The van der Waals surface area contributed by atoms with Crippen molar-refractivity contribution in [1.82, 2.24) is 29.9 Å². The lowest BCUT2D eigenvalue weighted by molar-refractivity contribution is -0.143. The maximum Gasteiger partial charge on any atom is 0.317 e. The Labute approximate surface area is 205 Å². The number of fused-ring (bicyclic) bond motifs is 1. The minimum Gasteiger partial charge on any atom is -0.489 e. The van der Waals surface area contributed by atoms with Crippen molar-refractivity contribution in [2.24, 2.45) is 24.8 Å². The molecule has 0 spiro atoms. The lowest BCUT2D eigenvalue weighted by Gasteiger charge is -2.18. The van der Waals surface area contributed by atoms with Gasteiger partial charge in [-0.3, -0.25) is 4.79 Å². The van der Waals surface area contributed by atoms with Gasteiger partial charge in [0.2, 0.25) is 0 Å². The molecule has 3 heterocycles. The number of rotatable bonds is 8. The number of pyridine rings is 1. The fourth-order valence-electron chi connectivity index (χ4n) is 5.34. The summed E-state index contributed by atoms with van der Waals surface area (Å²) in [5.74, 6) is 0.242. The van der Waals surface area contributed by atoms with Gasteiger partial charge in [0.05, 0.1) is 23.4 Å². The fourth-order valence-corrected chi connectivity index (χ4v) is 5.34. The lowest BCUT2D eigenvalue weighted by Crippen LogP contribution is -2.21. The molecule has 2 saturated carbocycles. The van der Waals surface area contributed by atoms with Gasteiger partial charge in [0.15, 0.2) is 0 Å². The van der Waals surface area contributed by atoms with E-state index in [2.05, 4.69) is 25.3 Å². The van der Waals surface area contributed by atoms with Gasteiger partial charge in [0, 0.05) is 13.2 Å². The zero-order chi connectivity index (χ0) is 25.4. The van der Waals surface area contributed by atoms with E-state index in [0.29, 0.717) is 34.4 Å². The predicted molar refractivity (Wildman–Crippen MR) is 121 cm³/mol. The van der Waals surface area contributed by atoms with Crippen molar-refractivity contribution in [3.05, 3.63) is 41.5 Å². The number of halogens is 2. The number of carboxylic acids is 1. The van der Waals surface area contributed by atoms with Gasteiger partial charge in [-0.2, -0.15) is 4.98 Å². The molecule has 0 bridgehead atoms. The molecule has 0 amide bonds. The van der Waals surface area contributed by atoms with Crippen LogP contribution in [0.3, 0.4) is 0 Å². The molecule has 0 saturated heterocycles. The van der Waals surface area contributed by atoms with Crippen LogP contribution < -0.4 is 9.47 Å². The predicted octanol–water partition coefficient (Wildman–Crippen LogP) is 3.76. The maximum atomic E-state index is 12.9. The monoisotopic (exact) mass is 500 g/mol. The number of aliphatic carboxylic acids is 1. The van der Waals surface area contributed by atoms with Crippen molar-refractivity contribution in [3.8, 4) is 23.1 Å². The molecule has 12 heteroatoms. The first-order valence-corrected chi connectivity index (χ1v) is 11.8. The fraction of sp³-hybridized carbons (Fsp3) is 0.500. The number of ether oxygens (including phenoxy) is 2. The minimum atomic E-state index is -2.72. The number of hydrogen-bond donors (Lipinski definition) is 1. The molecule has 190 valence electrons. The van der Waals surface area contributed by atoms with E-state index in [1.54, 1.807) is 13.1 Å². The van der Waals surface area contributed by atoms with Crippen molar-refractivity contribution in [2.75, 3.05) is 0 Å². The number of hydrogen-bond acceptors (Lipinski definition) is 8. The van der Waals surface area contributed by atoms with Gasteiger partial charge in [0.25, 0.3) is 6.43 Å². The number of alkyl halides is 2. The van der Waals surface area contributed by atoms with Gasteiger partial charge in [0.1, 0.15) is 29.4 Å². The van der Waals surface area contributed by atoms with E-state index in [4.69, 9.17) is 9.47 Å². The number of carbonyl (C=O) groups is 1. The van der Waals surface area contributed by atoms with Crippen molar-refractivity contribution in [1.29, 1.82) is 0 Å². The van der Waals surface area contributed by atoms with Crippen LogP contribution in [0.1, 0.15) is 49.2 Å². The summed E-state index contributed by atoms with van der Waals surface area (Å²) in [6, 6.07) is 4.57. The molecule has 0 aromatic carbocycles. The largest absolute Gasteiger partial charge is 0.489 e. The highest BCUT2D eigenvalue weighted by molar-refractivity contribution is 5.71. The molecule has 1 N–H and O–H groups in total. The Kier molecular flexibility index (Phi) is 6.50. The Morgan fingerprint density at radius 3 is 2.81 bits per heavy atom. The normalized spacial score (nSPS) is 23.1. The Bertz CT molecular complexity index is 1270. The first kappa shape index (κ1) is 24.0. The second-order valence-corrected chi connectivity index (χ2v) is 9.30. The molecule has 3 aromatic rings. The third-order valence-electron chi connectivity index (χ3n) is 7.12. The smallest absolute Gasteiger partial charge is 0.317 e. The summed E-state index contributed by atoms with van der Waals surface area (Å²) in [6.45, 7) is 1.80. The molecular formula is C24H26F2N6O4. The van der Waals surface area contributed by atoms with Crippen LogP contribution in [0.15, 0.2) is 24.4 Å². The molecule has 4 atom stereocenters. The molecule has 5 rings (SSSR count). The van der Waals surface area contributed by atoms with Gasteiger partial charge in [-0.25, -0.2) is 23.4 Å². The average molecular weight is 501 g/mol. The quantitative estimate of drug-likeness (QED) is 0.492. The maximum absolute atomic E-state index is 12.9. The molecule has 2 fully saturated rings. The van der Waals surface area contributed by atoms with Gasteiger partial charge < -0.3 is 14.6 Å². The zero-order valence-corrected chi connectivity index (χ0v) is 19.8. The van der Waals surface area contributed by atoms with Gasteiger partial charge in [-0.05, 0) is 62.6 Å². The summed E-state index contributed by atoms with van der Waals surface area (Å²) < 4.78 is 39.1. The van der Waals surface area contributed by atoms with E-state index in [0.717, 1.165) is 31.7 Å². The number of carboxylic acid groups (broad SMARTS) is 1. The third-order valence-corrected chi connectivity index (χ3v) is 7.12. The summed E-state index contributed by atoms with van der Waals surface area (Å²) in [6.07, 6.45) is 1.75. The molecule has 1 unspecified atom stereocenters. The van der Waals surface area contributed by atoms with Crippen LogP contribution in [0, 0.1) is 24.7 Å². The van der Waals surface area contributed by atoms with Crippen LogP contribution >= 0.6 is 0 Å². The first-order chi connectivity index (χ1) is 17.3. The highest BCUT2D eigenvalue weighted by Gasteiger charge is 2.47. The second kappa shape index (κ2) is 9.75. The number of nitrogens with zero attached hydrogens (tertiary/aromatic N) is 6. The standard InChI is InChI=1S/C24H26F2N6O4/c1-12-20(36-14-9-13-3-4-15(23(33)34)16(13)10-14)6-5-17(28-12)21-19(32(2)31-30-21)11-35-24-27-8-7-18(29-24)22(25)26/h5-8,13-16,22H,3-4,9-11H2,1-2H3,(H,33,34)/t13-,14-,15?,16+/m1/s1. The zero-order valence-electron chi connectivity index (χ0n) is 19.8. The Hall–Kier alpha value is -3.70. The van der Waals surface area contributed by atoms with Gasteiger partial charge in [-0.1, -0.05) is 5.21 Å². The lowest BCUT2D eigenvalue weighted by atomic mass is 9.92. The van der Waals surface area contributed by atoms with Crippen molar-refractivity contribution in [2.45, 2.75) is 51.7 Å². The summed E-state index contributed by atoms with van der Waals surface area (Å²) in [5, 5.41) is 17.7. The van der Waals surface area contributed by atoms with Crippen LogP contribution in [-0.2, 0) is 18.4 Å². The molecule has 2 aliphatic carbocycles. The van der Waals surface area contributed by atoms with Crippen LogP contribution in [0.25, 0.3) is 11.4 Å². The molecule has 0 radical (unpaired) electrons. The molecule has 2 aliphatic rings. The van der Waals surface area contributed by atoms with E-state index in [-0.39, 0.29) is 30.6 Å². The van der Waals surface area contributed by atoms with Crippen molar-refractivity contribution >= 4 is 5.97 Å².